The normalized spacial score (nSPS) is 21.5. The lowest BCUT2D eigenvalue weighted by Crippen LogP contribution is -2.35. The number of likely N-dealkylation sites (N-methyl/N-ethyl adjacent to an activating group) is 1. The van der Waals surface area contributed by atoms with Gasteiger partial charge in [0, 0.05) is 30.3 Å². The second-order valence-electron chi connectivity index (χ2n) is 5.11. The van der Waals surface area contributed by atoms with Gasteiger partial charge in [0.15, 0.2) is 0 Å². The number of hydrogen-bond acceptors (Lipinski definition) is 3. The molecule has 2 rings (SSSR count). The Balaban J connectivity index is 1.71. The van der Waals surface area contributed by atoms with Gasteiger partial charge in [-0.2, -0.15) is 0 Å². The summed E-state index contributed by atoms with van der Waals surface area (Å²) in [5, 5.41) is 0. The average molecular weight is 281 g/mol. The molecule has 1 aromatic carbocycles. The number of benzene rings is 1. The molecule has 0 N–H and O–H groups in total. The van der Waals surface area contributed by atoms with E-state index in [0.29, 0.717) is 11.9 Å². The van der Waals surface area contributed by atoms with Crippen LogP contribution >= 0.6 is 0 Å². The lowest BCUT2D eigenvalue weighted by atomic mass is 10.1. The van der Waals surface area contributed by atoms with Crippen LogP contribution in [0.2, 0.25) is 0 Å². The first-order valence-electron chi connectivity index (χ1n) is 6.99. The molecule has 1 heterocycles. The Morgan fingerprint density at radius 2 is 2.11 bits per heavy atom. The highest BCUT2D eigenvalue weighted by Gasteiger charge is 2.16. The zero-order valence-electron chi connectivity index (χ0n) is 11.6. The Labute approximate surface area is 118 Å². The van der Waals surface area contributed by atoms with Crippen molar-refractivity contribution in [3.8, 4) is 0 Å². The second-order valence-corrected chi connectivity index (χ2v) is 6.68. The van der Waals surface area contributed by atoms with Gasteiger partial charge in [0.1, 0.15) is 0 Å². The SMILES string of the molecule is CN(CC[S@@](=O)c1ccccc1)C[C@@H]1CCCCO1. The van der Waals surface area contributed by atoms with Gasteiger partial charge in [0.2, 0.25) is 0 Å². The number of rotatable bonds is 6. The summed E-state index contributed by atoms with van der Waals surface area (Å²) >= 11 is 0. The van der Waals surface area contributed by atoms with Gasteiger partial charge in [0.05, 0.1) is 16.9 Å². The summed E-state index contributed by atoms with van der Waals surface area (Å²) in [5.74, 6) is 0.688. The molecular weight excluding hydrogens is 258 g/mol. The van der Waals surface area contributed by atoms with Crippen LogP contribution in [0, 0.1) is 0 Å². The fraction of sp³-hybridized carbons (Fsp3) is 0.600. The summed E-state index contributed by atoms with van der Waals surface area (Å²) in [7, 11) is 1.19. The van der Waals surface area contributed by atoms with E-state index in [1.165, 1.54) is 12.8 Å². The van der Waals surface area contributed by atoms with Crippen molar-refractivity contribution < 1.29 is 8.95 Å². The highest BCUT2D eigenvalue weighted by Crippen LogP contribution is 2.13. The molecule has 0 radical (unpaired) electrons. The molecule has 0 unspecified atom stereocenters. The molecule has 106 valence electrons. The topological polar surface area (TPSA) is 29.5 Å². The molecule has 1 aliphatic heterocycles. The predicted molar refractivity (Wildman–Crippen MR) is 78.8 cm³/mol. The molecule has 4 heteroatoms. The van der Waals surface area contributed by atoms with Crippen LogP contribution in [0.5, 0.6) is 0 Å². The summed E-state index contributed by atoms with van der Waals surface area (Å²) in [5.41, 5.74) is 0. The van der Waals surface area contributed by atoms with E-state index in [9.17, 15) is 4.21 Å². The van der Waals surface area contributed by atoms with Gasteiger partial charge in [-0.25, -0.2) is 0 Å². The van der Waals surface area contributed by atoms with Crippen LogP contribution in [-0.2, 0) is 15.5 Å². The maximum Gasteiger partial charge on any atom is 0.0701 e. The van der Waals surface area contributed by atoms with Crippen molar-refractivity contribution in [1.29, 1.82) is 0 Å². The van der Waals surface area contributed by atoms with Gasteiger partial charge in [-0.3, -0.25) is 4.21 Å². The molecule has 0 aliphatic carbocycles. The highest BCUT2D eigenvalue weighted by atomic mass is 32.2. The first-order chi connectivity index (χ1) is 9.25. The minimum atomic E-state index is -0.893. The molecular formula is C15H23NO2S. The number of hydrogen-bond donors (Lipinski definition) is 0. The van der Waals surface area contributed by atoms with Gasteiger partial charge in [-0.1, -0.05) is 18.2 Å². The predicted octanol–water partition coefficient (Wildman–Crippen LogP) is 2.30. The van der Waals surface area contributed by atoms with Crippen LogP contribution in [-0.4, -0.2) is 47.7 Å². The van der Waals surface area contributed by atoms with Gasteiger partial charge >= 0.3 is 0 Å². The maximum atomic E-state index is 12.1. The van der Waals surface area contributed by atoms with Crippen LogP contribution in [0.4, 0.5) is 0 Å². The van der Waals surface area contributed by atoms with Gasteiger partial charge in [-0.05, 0) is 38.4 Å². The first-order valence-corrected chi connectivity index (χ1v) is 8.31. The van der Waals surface area contributed by atoms with Crippen molar-refractivity contribution in [2.45, 2.75) is 30.3 Å². The van der Waals surface area contributed by atoms with Crippen LogP contribution < -0.4 is 0 Å². The van der Waals surface area contributed by atoms with Gasteiger partial charge in [-0.15, -0.1) is 0 Å². The van der Waals surface area contributed by atoms with E-state index in [0.717, 1.165) is 31.0 Å². The number of nitrogens with zero attached hydrogens (tertiary/aromatic N) is 1. The quantitative estimate of drug-likeness (QED) is 0.801. The third kappa shape index (κ3) is 5.05. The van der Waals surface area contributed by atoms with E-state index in [1.807, 2.05) is 30.3 Å². The Hall–Kier alpha value is -0.710. The van der Waals surface area contributed by atoms with Crippen molar-refractivity contribution in [2.24, 2.45) is 0 Å². The molecule has 3 nitrogen and oxygen atoms in total. The minimum Gasteiger partial charge on any atom is -0.377 e. The summed E-state index contributed by atoms with van der Waals surface area (Å²) in [6.45, 7) is 2.70. The van der Waals surface area contributed by atoms with Crippen molar-refractivity contribution in [2.75, 3.05) is 32.5 Å². The summed E-state index contributed by atoms with van der Waals surface area (Å²) in [6.07, 6.45) is 3.99. The van der Waals surface area contributed by atoms with Crippen molar-refractivity contribution in [3.63, 3.8) is 0 Å². The zero-order chi connectivity index (χ0) is 13.5. The highest BCUT2D eigenvalue weighted by molar-refractivity contribution is 7.85. The standard InChI is InChI=1S/C15H23NO2S/c1-16(13-14-7-5-6-11-18-14)10-12-19(17)15-8-3-2-4-9-15/h2-4,8-9,14H,5-7,10-13H2,1H3/t14-,19+/m0/s1. The minimum absolute atomic E-state index is 0.365. The summed E-state index contributed by atoms with van der Waals surface area (Å²) in [6, 6.07) is 9.69. The van der Waals surface area contributed by atoms with E-state index in [2.05, 4.69) is 11.9 Å². The van der Waals surface area contributed by atoms with Crippen molar-refractivity contribution >= 4 is 10.8 Å². The molecule has 19 heavy (non-hydrogen) atoms. The Morgan fingerprint density at radius 1 is 1.32 bits per heavy atom. The lowest BCUT2D eigenvalue weighted by Gasteiger charge is -2.27. The van der Waals surface area contributed by atoms with Gasteiger partial charge < -0.3 is 9.64 Å². The van der Waals surface area contributed by atoms with Crippen LogP contribution in [0.25, 0.3) is 0 Å². The second kappa shape index (κ2) is 7.78. The molecule has 0 aromatic heterocycles. The molecule has 1 aliphatic rings. The average Bonchev–Trinajstić information content (AvgIpc) is 2.47. The zero-order valence-corrected chi connectivity index (χ0v) is 12.4. The summed E-state index contributed by atoms with van der Waals surface area (Å²) in [4.78, 5) is 3.15. The van der Waals surface area contributed by atoms with E-state index < -0.39 is 10.8 Å². The van der Waals surface area contributed by atoms with E-state index in [1.54, 1.807) is 0 Å². The molecule has 1 fully saturated rings. The number of ether oxygens (including phenoxy) is 1. The fourth-order valence-corrected chi connectivity index (χ4v) is 3.49. The van der Waals surface area contributed by atoms with Gasteiger partial charge in [0.25, 0.3) is 0 Å². The van der Waals surface area contributed by atoms with E-state index >= 15 is 0 Å². The van der Waals surface area contributed by atoms with E-state index in [-0.39, 0.29) is 0 Å². The Morgan fingerprint density at radius 3 is 2.79 bits per heavy atom. The molecule has 0 amide bonds. The lowest BCUT2D eigenvalue weighted by molar-refractivity contribution is -0.000543. The van der Waals surface area contributed by atoms with Crippen molar-refractivity contribution in [3.05, 3.63) is 30.3 Å². The van der Waals surface area contributed by atoms with E-state index in [4.69, 9.17) is 4.74 Å². The molecule has 0 spiro atoms. The summed E-state index contributed by atoms with van der Waals surface area (Å²) < 4.78 is 17.8. The fourth-order valence-electron chi connectivity index (χ4n) is 2.32. The third-order valence-corrected chi connectivity index (χ3v) is 4.81. The monoisotopic (exact) mass is 281 g/mol. The molecule has 2 atom stereocenters. The Bertz CT molecular complexity index is 390. The van der Waals surface area contributed by atoms with Crippen LogP contribution in [0.15, 0.2) is 35.2 Å². The smallest absolute Gasteiger partial charge is 0.0701 e. The first kappa shape index (κ1) is 14.7. The molecule has 0 saturated carbocycles. The molecule has 1 aromatic rings. The van der Waals surface area contributed by atoms with Crippen molar-refractivity contribution in [1.82, 2.24) is 4.90 Å². The van der Waals surface area contributed by atoms with Crippen LogP contribution in [0.3, 0.4) is 0 Å². The van der Waals surface area contributed by atoms with Crippen LogP contribution in [0.1, 0.15) is 19.3 Å². The maximum absolute atomic E-state index is 12.1. The molecule has 0 bridgehead atoms. The largest absolute Gasteiger partial charge is 0.377 e. The Kier molecular flexibility index (Phi) is 6.01. The third-order valence-electron chi connectivity index (χ3n) is 3.45. The molecule has 1 saturated heterocycles.